The van der Waals surface area contributed by atoms with Gasteiger partial charge in [-0.25, -0.2) is 0 Å². The van der Waals surface area contributed by atoms with Crippen LogP contribution in [0.25, 0.3) is 0 Å². The van der Waals surface area contributed by atoms with E-state index in [1.807, 2.05) is 0 Å². The number of amides is 2. The minimum Gasteiger partial charge on any atom is -0.495 e. The number of hydrogen-bond donors (Lipinski definition) is 1. The molecular weight excluding hydrogens is 348 g/mol. The van der Waals surface area contributed by atoms with Gasteiger partial charge in [0.05, 0.1) is 38.1 Å². The molecule has 1 aromatic rings. The van der Waals surface area contributed by atoms with Gasteiger partial charge < -0.3 is 24.4 Å². The van der Waals surface area contributed by atoms with E-state index in [4.69, 9.17) is 25.8 Å². The maximum Gasteiger partial charge on any atom is 0.240 e. The molecular formula is C17H21ClN2O5. The highest BCUT2D eigenvalue weighted by atomic mass is 35.5. The SMILES string of the molecule is COc1cc(NC(=O)C2(C(=O)N3CCOCC3)CC2)c(OC)cc1Cl. The summed E-state index contributed by atoms with van der Waals surface area (Å²) in [5.74, 6) is 0.371. The molecule has 25 heavy (non-hydrogen) atoms. The molecule has 1 heterocycles. The van der Waals surface area contributed by atoms with Crippen molar-refractivity contribution in [2.24, 2.45) is 5.41 Å². The largest absolute Gasteiger partial charge is 0.495 e. The quantitative estimate of drug-likeness (QED) is 0.804. The summed E-state index contributed by atoms with van der Waals surface area (Å²) in [6.45, 7) is 2.05. The molecule has 1 aliphatic heterocycles. The van der Waals surface area contributed by atoms with E-state index in [2.05, 4.69) is 5.32 Å². The number of nitrogens with one attached hydrogen (secondary N) is 1. The van der Waals surface area contributed by atoms with E-state index in [1.54, 1.807) is 17.0 Å². The van der Waals surface area contributed by atoms with Crippen LogP contribution in [0.5, 0.6) is 11.5 Å². The Morgan fingerprint density at radius 2 is 1.80 bits per heavy atom. The highest BCUT2D eigenvalue weighted by Gasteiger charge is 2.58. The zero-order valence-corrected chi connectivity index (χ0v) is 15.0. The highest BCUT2D eigenvalue weighted by Crippen LogP contribution is 2.49. The predicted molar refractivity (Wildman–Crippen MR) is 92.3 cm³/mol. The van der Waals surface area contributed by atoms with Crippen molar-refractivity contribution in [3.05, 3.63) is 17.2 Å². The topological polar surface area (TPSA) is 77.1 Å². The van der Waals surface area contributed by atoms with Crippen LogP contribution in [0.3, 0.4) is 0 Å². The summed E-state index contributed by atoms with van der Waals surface area (Å²) in [4.78, 5) is 27.3. The van der Waals surface area contributed by atoms with Crippen LogP contribution in [0.2, 0.25) is 5.02 Å². The Labute approximate surface area is 151 Å². The molecule has 0 bridgehead atoms. The number of carbonyl (C=O) groups is 2. The first-order valence-electron chi connectivity index (χ1n) is 8.12. The summed E-state index contributed by atoms with van der Waals surface area (Å²) in [5.41, 5.74) is -0.565. The van der Waals surface area contributed by atoms with E-state index in [0.29, 0.717) is 61.4 Å². The van der Waals surface area contributed by atoms with Crippen LogP contribution in [0, 0.1) is 5.41 Å². The van der Waals surface area contributed by atoms with Gasteiger partial charge in [-0.1, -0.05) is 11.6 Å². The first-order valence-corrected chi connectivity index (χ1v) is 8.50. The van der Waals surface area contributed by atoms with Gasteiger partial charge in [-0.3, -0.25) is 9.59 Å². The summed E-state index contributed by atoms with van der Waals surface area (Å²) in [7, 11) is 2.98. The summed E-state index contributed by atoms with van der Waals surface area (Å²) in [6, 6.07) is 3.16. The van der Waals surface area contributed by atoms with Crippen molar-refractivity contribution >= 4 is 29.1 Å². The van der Waals surface area contributed by atoms with Crippen LogP contribution >= 0.6 is 11.6 Å². The molecule has 2 fully saturated rings. The monoisotopic (exact) mass is 368 g/mol. The van der Waals surface area contributed by atoms with Crippen molar-refractivity contribution in [3.8, 4) is 11.5 Å². The number of ether oxygens (including phenoxy) is 3. The second-order valence-electron chi connectivity index (χ2n) is 6.13. The number of rotatable bonds is 5. The molecule has 3 rings (SSSR count). The predicted octanol–water partition coefficient (Wildman–Crippen LogP) is 1.93. The third kappa shape index (κ3) is 3.39. The fraction of sp³-hybridized carbons (Fsp3) is 0.529. The van der Waals surface area contributed by atoms with Crippen LogP contribution in [-0.4, -0.2) is 57.2 Å². The minimum atomic E-state index is -0.991. The van der Waals surface area contributed by atoms with E-state index in [9.17, 15) is 9.59 Å². The Morgan fingerprint density at radius 3 is 2.36 bits per heavy atom. The summed E-state index contributed by atoms with van der Waals surface area (Å²) in [6.07, 6.45) is 1.09. The van der Waals surface area contributed by atoms with Gasteiger partial charge in [0.25, 0.3) is 0 Å². The van der Waals surface area contributed by atoms with E-state index >= 15 is 0 Å². The molecule has 2 amide bonds. The van der Waals surface area contributed by atoms with Gasteiger partial charge in [0.2, 0.25) is 11.8 Å². The van der Waals surface area contributed by atoms with Gasteiger partial charge in [-0.05, 0) is 12.8 Å². The number of hydrogen-bond acceptors (Lipinski definition) is 5. The lowest BCUT2D eigenvalue weighted by Gasteiger charge is -2.30. The third-order valence-electron chi connectivity index (χ3n) is 4.61. The number of morpholine rings is 1. The Balaban J connectivity index is 1.78. The maximum absolute atomic E-state index is 12.8. The fourth-order valence-electron chi connectivity index (χ4n) is 2.93. The molecule has 0 atom stereocenters. The van der Waals surface area contributed by atoms with Crippen molar-refractivity contribution in [2.45, 2.75) is 12.8 Å². The Kier molecular flexibility index (Phi) is 5.06. The number of nitrogens with zero attached hydrogens (tertiary/aromatic N) is 1. The lowest BCUT2D eigenvalue weighted by Crippen LogP contribution is -2.47. The summed E-state index contributed by atoms with van der Waals surface area (Å²) < 4.78 is 15.7. The second kappa shape index (κ2) is 7.09. The standard InChI is InChI=1S/C17H21ClN2O5/c1-23-13-10-12(14(24-2)9-11(13)18)19-15(21)17(3-4-17)16(22)20-5-7-25-8-6-20/h9-10H,3-8H2,1-2H3,(H,19,21). The molecule has 1 N–H and O–H groups in total. The van der Waals surface area contributed by atoms with Gasteiger partial charge in [0.1, 0.15) is 16.9 Å². The van der Waals surface area contributed by atoms with E-state index in [-0.39, 0.29) is 11.8 Å². The van der Waals surface area contributed by atoms with Crippen molar-refractivity contribution < 1.29 is 23.8 Å². The molecule has 0 spiro atoms. The lowest BCUT2D eigenvalue weighted by atomic mass is 10.0. The van der Waals surface area contributed by atoms with Gasteiger partial charge in [-0.15, -0.1) is 0 Å². The molecule has 0 radical (unpaired) electrons. The number of anilines is 1. The normalized spacial score (nSPS) is 18.4. The van der Waals surface area contributed by atoms with E-state index < -0.39 is 5.41 Å². The molecule has 0 unspecified atom stereocenters. The maximum atomic E-state index is 12.8. The lowest BCUT2D eigenvalue weighted by molar-refractivity contribution is -0.145. The van der Waals surface area contributed by atoms with Crippen molar-refractivity contribution in [2.75, 3.05) is 45.8 Å². The van der Waals surface area contributed by atoms with Crippen LogP contribution in [0.4, 0.5) is 5.69 Å². The Hall–Kier alpha value is -1.99. The summed E-state index contributed by atoms with van der Waals surface area (Å²) >= 11 is 6.08. The Bertz CT molecular complexity index is 684. The van der Waals surface area contributed by atoms with Crippen molar-refractivity contribution in [1.29, 1.82) is 0 Å². The highest BCUT2D eigenvalue weighted by molar-refractivity contribution is 6.32. The molecule has 1 saturated carbocycles. The van der Waals surface area contributed by atoms with Crippen LogP contribution < -0.4 is 14.8 Å². The van der Waals surface area contributed by atoms with Gasteiger partial charge >= 0.3 is 0 Å². The van der Waals surface area contributed by atoms with Gasteiger partial charge in [-0.2, -0.15) is 0 Å². The average Bonchev–Trinajstić information content (AvgIpc) is 3.44. The van der Waals surface area contributed by atoms with E-state index in [0.717, 1.165) is 0 Å². The van der Waals surface area contributed by atoms with Gasteiger partial charge in [0, 0.05) is 25.2 Å². The zero-order valence-electron chi connectivity index (χ0n) is 14.3. The number of carbonyl (C=O) groups excluding carboxylic acids is 2. The zero-order chi connectivity index (χ0) is 18.0. The average molecular weight is 369 g/mol. The van der Waals surface area contributed by atoms with Crippen molar-refractivity contribution in [1.82, 2.24) is 4.90 Å². The van der Waals surface area contributed by atoms with Crippen molar-refractivity contribution in [3.63, 3.8) is 0 Å². The molecule has 1 aromatic carbocycles. The first kappa shape index (κ1) is 17.8. The third-order valence-corrected chi connectivity index (χ3v) is 4.91. The molecule has 136 valence electrons. The molecule has 0 aromatic heterocycles. The van der Waals surface area contributed by atoms with Gasteiger partial charge in [0.15, 0.2) is 0 Å². The molecule has 7 nitrogen and oxygen atoms in total. The van der Waals surface area contributed by atoms with Crippen LogP contribution in [0.1, 0.15) is 12.8 Å². The minimum absolute atomic E-state index is 0.131. The number of halogens is 1. The molecule has 8 heteroatoms. The molecule has 1 aliphatic carbocycles. The van der Waals surface area contributed by atoms with E-state index in [1.165, 1.54) is 14.2 Å². The number of methoxy groups -OCH3 is 2. The Morgan fingerprint density at radius 1 is 1.16 bits per heavy atom. The van der Waals surface area contributed by atoms with Crippen LogP contribution in [-0.2, 0) is 14.3 Å². The smallest absolute Gasteiger partial charge is 0.240 e. The summed E-state index contributed by atoms with van der Waals surface area (Å²) in [5, 5.41) is 3.18. The first-order chi connectivity index (χ1) is 12.0. The van der Waals surface area contributed by atoms with Crippen LogP contribution in [0.15, 0.2) is 12.1 Å². The molecule has 2 aliphatic rings. The second-order valence-corrected chi connectivity index (χ2v) is 6.54. The molecule has 1 saturated heterocycles. The number of benzene rings is 1. The fourth-order valence-corrected chi connectivity index (χ4v) is 3.16.